The lowest BCUT2D eigenvalue weighted by Gasteiger charge is -2.06. The fourth-order valence-corrected chi connectivity index (χ4v) is 3.28. The number of hydrogen-bond acceptors (Lipinski definition) is 5. The summed E-state index contributed by atoms with van der Waals surface area (Å²) >= 11 is 3.37. The van der Waals surface area contributed by atoms with E-state index in [-0.39, 0.29) is 18.4 Å². The van der Waals surface area contributed by atoms with Gasteiger partial charge >= 0.3 is 0 Å². The molecule has 0 spiro atoms. The van der Waals surface area contributed by atoms with E-state index in [1.807, 2.05) is 12.1 Å². The molecule has 0 aliphatic rings. The lowest BCUT2D eigenvalue weighted by atomic mass is 10.2. The predicted octanol–water partition coefficient (Wildman–Crippen LogP) is 3.38. The molecule has 122 valence electrons. The van der Waals surface area contributed by atoms with Crippen molar-refractivity contribution >= 4 is 50.9 Å². The number of halogens is 1. The van der Waals surface area contributed by atoms with Crippen LogP contribution in [0.5, 0.6) is 0 Å². The van der Waals surface area contributed by atoms with Crippen LogP contribution in [0.2, 0.25) is 0 Å². The average molecular weight is 453 g/mol. The Kier molecular flexibility index (Phi) is 5.26. The maximum atomic E-state index is 12.1. The molecule has 0 unspecified atom stereocenters. The van der Waals surface area contributed by atoms with Crippen LogP contribution in [0.3, 0.4) is 0 Å². The zero-order valence-electron chi connectivity index (χ0n) is 12.3. The fraction of sp³-hybridized carbons (Fsp3) is 0.0625. The van der Waals surface area contributed by atoms with Crippen molar-refractivity contribution in [3.05, 3.63) is 57.2 Å². The minimum Gasteiger partial charge on any atom is -0.463 e. The second-order valence-electron chi connectivity index (χ2n) is 4.73. The highest BCUT2D eigenvalue weighted by atomic mass is 127. The Morgan fingerprint density at radius 1 is 1.21 bits per heavy atom. The van der Waals surface area contributed by atoms with Crippen LogP contribution in [0.4, 0.5) is 5.13 Å². The number of nitrogens with one attached hydrogen (secondary N) is 2. The number of amides is 2. The van der Waals surface area contributed by atoms with Crippen molar-refractivity contribution in [2.45, 2.75) is 0 Å². The van der Waals surface area contributed by atoms with Crippen molar-refractivity contribution in [3.8, 4) is 11.5 Å². The Morgan fingerprint density at radius 2 is 2.04 bits per heavy atom. The molecule has 8 heteroatoms. The van der Waals surface area contributed by atoms with Crippen molar-refractivity contribution < 1.29 is 14.0 Å². The number of nitrogens with zero attached hydrogens (tertiary/aromatic N) is 1. The second kappa shape index (κ2) is 7.58. The number of carbonyl (C=O) groups excluding carboxylic acids is 2. The summed E-state index contributed by atoms with van der Waals surface area (Å²) in [7, 11) is 0. The lowest BCUT2D eigenvalue weighted by Crippen LogP contribution is -2.33. The molecule has 0 bridgehead atoms. The summed E-state index contributed by atoms with van der Waals surface area (Å²) in [5.41, 5.74) is 1.20. The van der Waals surface area contributed by atoms with E-state index >= 15 is 0 Å². The van der Waals surface area contributed by atoms with Gasteiger partial charge in [0.1, 0.15) is 5.69 Å². The van der Waals surface area contributed by atoms with Crippen LogP contribution >= 0.6 is 33.9 Å². The summed E-state index contributed by atoms with van der Waals surface area (Å²) in [6, 6.07) is 10.7. The van der Waals surface area contributed by atoms with Crippen LogP contribution in [-0.2, 0) is 4.79 Å². The molecule has 0 saturated carbocycles. The van der Waals surface area contributed by atoms with Gasteiger partial charge in [-0.25, -0.2) is 4.98 Å². The number of hydrogen-bond donors (Lipinski definition) is 2. The molecule has 6 nitrogen and oxygen atoms in total. The molecule has 3 aromatic rings. The van der Waals surface area contributed by atoms with Gasteiger partial charge in [-0.1, -0.05) is 12.1 Å². The van der Waals surface area contributed by atoms with Crippen LogP contribution < -0.4 is 10.6 Å². The van der Waals surface area contributed by atoms with E-state index in [1.54, 1.807) is 35.9 Å². The van der Waals surface area contributed by atoms with Gasteiger partial charge in [-0.2, -0.15) is 0 Å². The molecule has 2 heterocycles. The lowest BCUT2D eigenvalue weighted by molar-refractivity contribution is -0.115. The van der Waals surface area contributed by atoms with Crippen molar-refractivity contribution in [1.82, 2.24) is 10.3 Å². The van der Waals surface area contributed by atoms with Crippen LogP contribution in [0.15, 0.2) is 52.5 Å². The Morgan fingerprint density at radius 3 is 2.79 bits per heavy atom. The fourth-order valence-electron chi connectivity index (χ4n) is 1.93. The van der Waals surface area contributed by atoms with Gasteiger partial charge < -0.3 is 15.1 Å². The van der Waals surface area contributed by atoms with E-state index in [2.05, 4.69) is 38.2 Å². The summed E-state index contributed by atoms with van der Waals surface area (Å²) in [6.07, 6.45) is 1.56. The average Bonchev–Trinajstić information content (AvgIpc) is 3.24. The molecule has 0 saturated heterocycles. The van der Waals surface area contributed by atoms with Gasteiger partial charge in [-0.3, -0.25) is 9.59 Å². The molecule has 0 atom stereocenters. The van der Waals surface area contributed by atoms with Gasteiger partial charge in [0.05, 0.1) is 18.4 Å². The number of benzene rings is 1. The highest BCUT2D eigenvalue weighted by Crippen LogP contribution is 2.24. The zero-order chi connectivity index (χ0) is 16.9. The smallest absolute Gasteiger partial charge is 0.252 e. The molecule has 2 N–H and O–H groups in total. The number of aromatic nitrogens is 1. The summed E-state index contributed by atoms with van der Waals surface area (Å²) < 4.78 is 6.08. The van der Waals surface area contributed by atoms with Crippen LogP contribution in [0, 0.1) is 3.57 Å². The van der Waals surface area contributed by atoms with Crippen molar-refractivity contribution in [2.75, 3.05) is 11.9 Å². The van der Waals surface area contributed by atoms with Crippen LogP contribution in [-0.4, -0.2) is 23.3 Å². The third kappa shape index (κ3) is 4.01. The summed E-state index contributed by atoms with van der Waals surface area (Å²) in [5, 5.41) is 7.50. The van der Waals surface area contributed by atoms with Gasteiger partial charge in [0, 0.05) is 8.95 Å². The topological polar surface area (TPSA) is 84.2 Å². The van der Waals surface area contributed by atoms with E-state index < -0.39 is 0 Å². The van der Waals surface area contributed by atoms with Gasteiger partial charge in [0.15, 0.2) is 10.9 Å². The molecule has 2 amide bonds. The molecule has 0 fully saturated rings. The summed E-state index contributed by atoms with van der Waals surface area (Å²) in [6.45, 7) is -0.126. The van der Waals surface area contributed by atoms with Gasteiger partial charge in [-0.05, 0) is 46.9 Å². The normalized spacial score (nSPS) is 10.4. The Bertz CT molecular complexity index is 861. The molecule has 0 radical (unpaired) electrons. The minimum atomic E-state index is -0.338. The molecule has 3 rings (SSSR count). The van der Waals surface area contributed by atoms with Crippen LogP contribution in [0.1, 0.15) is 10.4 Å². The van der Waals surface area contributed by atoms with Crippen molar-refractivity contribution in [3.63, 3.8) is 0 Å². The zero-order valence-corrected chi connectivity index (χ0v) is 15.3. The summed E-state index contributed by atoms with van der Waals surface area (Å²) in [4.78, 5) is 28.3. The van der Waals surface area contributed by atoms with E-state index in [9.17, 15) is 9.59 Å². The molecule has 1 aromatic carbocycles. The van der Waals surface area contributed by atoms with Gasteiger partial charge in [0.25, 0.3) is 5.91 Å². The SMILES string of the molecule is O=C(CNC(=O)c1ccccc1I)Nc1nc(-c2ccco2)cs1. The molecular weight excluding hydrogens is 441 g/mol. The second-order valence-corrected chi connectivity index (χ2v) is 6.75. The molecule has 0 aliphatic carbocycles. The maximum Gasteiger partial charge on any atom is 0.252 e. The first-order valence-electron chi connectivity index (χ1n) is 6.95. The quantitative estimate of drug-likeness (QED) is 0.581. The highest BCUT2D eigenvalue weighted by Gasteiger charge is 2.12. The maximum absolute atomic E-state index is 12.1. The Labute approximate surface area is 155 Å². The first-order valence-corrected chi connectivity index (χ1v) is 8.91. The number of thiazole rings is 1. The Hall–Kier alpha value is -2.20. The van der Waals surface area contributed by atoms with E-state index in [1.165, 1.54) is 11.3 Å². The Balaban J connectivity index is 1.55. The van der Waals surface area contributed by atoms with Gasteiger partial charge in [0.2, 0.25) is 5.91 Å². The largest absolute Gasteiger partial charge is 0.463 e. The third-order valence-corrected chi connectivity index (χ3v) is 4.75. The first kappa shape index (κ1) is 16.7. The standard InChI is InChI=1S/C16H12IN3O3S/c17-11-5-2-1-4-10(11)15(22)18-8-14(21)20-16-19-12(9-24-16)13-6-3-7-23-13/h1-7,9H,8H2,(H,18,22)(H,19,20,21). The van der Waals surface area contributed by atoms with E-state index in [0.717, 1.165) is 3.57 Å². The minimum absolute atomic E-state index is 0.126. The first-order chi connectivity index (χ1) is 11.6. The van der Waals surface area contributed by atoms with Crippen LogP contribution in [0.25, 0.3) is 11.5 Å². The van der Waals surface area contributed by atoms with E-state index in [4.69, 9.17) is 4.42 Å². The van der Waals surface area contributed by atoms with Crippen molar-refractivity contribution in [1.29, 1.82) is 0 Å². The molecule has 2 aromatic heterocycles. The highest BCUT2D eigenvalue weighted by molar-refractivity contribution is 14.1. The molecule has 24 heavy (non-hydrogen) atoms. The monoisotopic (exact) mass is 453 g/mol. The predicted molar refractivity (Wildman–Crippen MR) is 99.9 cm³/mol. The summed E-state index contributed by atoms with van der Waals surface area (Å²) in [5.74, 6) is 0.0129. The van der Waals surface area contributed by atoms with Gasteiger partial charge in [-0.15, -0.1) is 11.3 Å². The molecule has 0 aliphatic heterocycles. The van der Waals surface area contributed by atoms with Crippen molar-refractivity contribution in [2.24, 2.45) is 0 Å². The number of anilines is 1. The number of rotatable bonds is 5. The van der Waals surface area contributed by atoms with E-state index in [0.29, 0.717) is 22.1 Å². The number of furan rings is 1. The number of carbonyl (C=O) groups is 2. The molecular formula is C16H12IN3O3S. The third-order valence-electron chi connectivity index (χ3n) is 3.05.